The monoisotopic (exact) mass is 543 g/mol. The molecule has 0 aliphatic carbocycles. The van der Waals surface area contributed by atoms with E-state index in [0.717, 1.165) is 41.3 Å². The zero-order valence-corrected chi connectivity index (χ0v) is 21.1. The largest absolute Gasteiger partial charge is 0.493 e. The van der Waals surface area contributed by atoms with E-state index in [1.807, 2.05) is 42.5 Å². The van der Waals surface area contributed by atoms with Crippen LogP contribution in [0.1, 0.15) is 25.3 Å². The zero-order valence-electron chi connectivity index (χ0n) is 18.8. The zero-order chi connectivity index (χ0) is 21.6. The number of benzene rings is 2. The topological polar surface area (TPSA) is 73.3 Å². The summed E-state index contributed by atoms with van der Waals surface area (Å²) >= 11 is 0. The van der Waals surface area contributed by atoms with Gasteiger partial charge in [-0.15, -0.1) is 24.0 Å². The second-order valence-corrected chi connectivity index (χ2v) is 6.61. The molecule has 172 valence electrons. The highest BCUT2D eigenvalue weighted by atomic mass is 127. The Balaban J connectivity index is 0.00000480. The molecule has 0 fully saturated rings. The Labute approximate surface area is 202 Å². The van der Waals surface area contributed by atoms with E-state index in [4.69, 9.17) is 18.9 Å². The molecule has 0 atom stereocenters. The number of ether oxygens (including phenoxy) is 4. The molecule has 0 aromatic heterocycles. The highest BCUT2D eigenvalue weighted by Gasteiger charge is 2.07. The van der Waals surface area contributed by atoms with Crippen molar-refractivity contribution in [1.82, 2.24) is 5.32 Å². The highest BCUT2D eigenvalue weighted by Crippen LogP contribution is 2.28. The van der Waals surface area contributed by atoms with Gasteiger partial charge in [-0.2, -0.15) is 0 Å². The number of hydrogen-bond acceptors (Lipinski definition) is 5. The summed E-state index contributed by atoms with van der Waals surface area (Å²) in [5, 5.41) is 6.60. The summed E-state index contributed by atoms with van der Waals surface area (Å²) in [6.45, 7) is 4.64. The van der Waals surface area contributed by atoms with Crippen molar-refractivity contribution in [2.75, 3.05) is 46.4 Å². The van der Waals surface area contributed by atoms with Crippen LogP contribution in [0.15, 0.2) is 47.5 Å². The van der Waals surface area contributed by atoms with Crippen LogP contribution in [0.3, 0.4) is 0 Å². The van der Waals surface area contributed by atoms with Gasteiger partial charge in [0.25, 0.3) is 0 Å². The molecule has 2 aromatic rings. The number of methoxy groups -OCH3 is 2. The molecule has 0 radical (unpaired) electrons. The van der Waals surface area contributed by atoms with Gasteiger partial charge in [0.1, 0.15) is 5.75 Å². The molecule has 0 unspecified atom stereocenters. The van der Waals surface area contributed by atoms with Gasteiger partial charge < -0.3 is 29.6 Å². The molecule has 0 amide bonds. The van der Waals surface area contributed by atoms with Crippen LogP contribution < -0.4 is 24.8 Å². The fourth-order valence-corrected chi connectivity index (χ4v) is 2.71. The lowest BCUT2D eigenvalue weighted by Gasteiger charge is -2.15. The molecule has 8 heteroatoms. The van der Waals surface area contributed by atoms with Crippen molar-refractivity contribution in [3.63, 3.8) is 0 Å². The molecular formula is C23H34IN3O4. The smallest absolute Gasteiger partial charge is 0.195 e. The average Bonchev–Trinajstić information content (AvgIpc) is 2.78. The van der Waals surface area contributed by atoms with Gasteiger partial charge in [0.05, 0.1) is 20.3 Å². The first-order valence-electron chi connectivity index (χ1n) is 10.2. The number of aliphatic imine (C=N–C) groups is 1. The van der Waals surface area contributed by atoms with E-state index >= 15 is 0 Å². The van der Waals surface area contributed by atoms with Crippen LogP contribution in [0.2, 0.25) is 0 Å². The predicted molar refractivity (Wildman–Crippen MR) is 136 cm³/mol. The van der Waals surface area contributed by atoms with Gasteiger partial charge in [0.2, 0.25) is 0 Å². The second kappa shape index (κ2) is 15.6. The minimum atomic E-state index is 0. The van der Waals surface area contributed by atoms with Crippen molar-refractivity contribution < 1.29 is 18.9 Å². The van der Waals surface area contributed by atoms with E-state index in [1.54, 1.807) is 21.3 Å². The molecule has 0 aliphatic heterocycles. The minimum Gasteiger partial charge on any atom is -0.493 e. The van der Waals surface area contributed by atoms with E-state index < -0.39 is 0 Å². The van der Waals surface area contributed by atoms with E-state index in [0.29, 0.717) is 32.3 Å². The van der Waals surface area contributed by atoms with Crippen molar-refractivity contribution in [3.05, 3.63) is 48.0 Å². The normalized spacial score (nSPS) is 10.8. The van der Waals surface area contributed by atoms with E-state index in [1.165, 1.54) is 0 Å². The number of guanidine groups is 1. The summed E-state index contributed by atoms with van der Waals surface area (Å²) in [4.78, 5) is 4.30. The number of rotatable bonds is 12. The standard InChI is InChI=1S/C23H33N3O4.HI/c1-5-12-30-21-11-10-18(15-22(21)28-4)17-25-23(24-2)26-19-8-6-9-20(16-19)29-14-7-13-27-3;/h6,8-11,15-16H,5,7,12-14,17H2,1-4H3,(H2,24,25,26);1H. The highest BCUT2D eigenvalue weighted by molar-refractivity contribution is 14.0. The van der Waals surface area contributed by atoms with Crippen molar-refractivity contribution in [3.8, 4) is 17.2 Å². The summed E-state index contributed by atoms with van der Waals surface area (Å²) in [7, 11) is 5.08. The first-order chi connectivity index (χ1) is 14.7. The van der Waals surface area contributed by atoms with E-state index in [-0.39, 0.29) is 24.0 Å². The van der Waals surface area contributed by atoms with Crippen LogP contribution in [0.5, 0.6) is 17.2 Å². The van der Waals surface area contributed by atoms with Crippen LogP contribution in [-0.2, 0) is 11.3 Å². The summed E-state index contributed by atoms with van der Waals surface area (Å²) in [6.07, 6.45) is 1.80. The van der Waals surface area contributed by atoms with Crippen LogP contribution in [0, 0.1) is 0 Å². The third-order valence-electron chi connectivity index (χ3n) is 4.23. The molecule has 2 rings (SSSR count). The Morgan fingerprint density at radius 2 is 1.81 bits per heavy atom. The fourth-order valence-electron chi connectivity index (χ4n) is 2.71. The molecule has 7 nitrogen and oxygen atoms in total. The van der Waals surface area contributed by atoms with Gasteiger partial charge in [0.15, 0.2) is 17.5 Å². The second-order valence-electron chi connectivity index (χ2n) is 6.61. The van der Waals surface area contributed by atoms with Gasteiger partial charge >= 0.3 is 0 Å². The molecule has 2 aromatic carbocycles. The molecular weight excluding hydrogens is 509 g/mol. The van der Waals surface area contributed by atoms with Gasteiger partial charge in [-0.1, -0.05) is 19.1 Å². The molecule has 0 saturated heterocycles. The van der Waals surface area contributed by atoms with Crippen molar-refractivity contribution in [1.29, 1.82) is 0 Å². The van der Waals surface area contributed by atoms with E-state index in [9.17, 15) is 0 Å². The summed E-state index contributed by atoms with van der Waals surface area (Å²) in [5.74, 6) is 2.95. The van der Waals surface area contributed by atoms with Crippen molar-refractivity contribution >= 4 is 35.6 Å². The van der Waals surface area contributed by atoms with Crippen LogP contribution in [0.25, 0.3) is 0 Å². The number of nitrogens with one attached hydrogen (secondary N) is 2. The molecule has 0 saturated carbocycles. The minimum absolute atomic E-state index is 0. The molecule has 0 heterocycles. The first kappa shape index (κ1) is 26.8. The maximum atomic E-state index is 5.75. The first-order valence-corrected chi connectivity index (χ1v) is 10.2. The van der Waals surface area contributed by atoms with Crippen molar-refractivity contribution in [2.45, 2.75) is 26.3 Å². The molecule has 2 N–H and O–H groups in total. The van der Waals surface area contributed by atoms with Gasteiger partial charge in [-0.3, -0.25) is 4.99 Å². The Hall–Kier alpha value is -2.20. The third-order valence-corrected chi connectivity index (χ3v) is 4.23. The predicted octanol–water partition coefficient (Wildman–Crippen LogP) is 4.70. The Morgan fingerprint density at radius 3 is 2.52 bits per heavy atom. The van der Waals surface area contributed by atoms with Crippen LogP contribution in [0.4, 0.5) is 5.69 Å². The third kappa shape index (κ3) is 9.65. The van der Waals surface area contributed by atoms with Gasteiger partial charge in [0, 0.05) is 45.5 Å². The quantitative estimate of drug-likeness (QED) is 0.175. The SMILES string of the molecule is CCCOc1ccc(CNC(=NC)Nc2cccc(OCCCOC)c2)cc1OC.I. The van der Waals surface area contributed by atoms with Gasteiger partial charge in [-0.25, -0.2) is 0 Å². The molecule has 0 bridgehead atoms. The maximum absolute atomic E-state index is 5.75. The summed E-state index contributed by atoms with van der Waals surface area (Å²) in [6, 6.07) is 13.7. The lowest BCUT2D eigenvalue weighted by molar-refractivity contribution is 0.172. The molecule has 0 spiro atoms. The molecule has 31 heavy (non-hydrogen) atoms. The number of anilines is 1. The fraction of sp³-hybridized carbons (Fsp3) is 0.435. The van der Waals surface area contributed by atoms with Gasteiger partial charge in [-0.05, 0) is 36.2 Å². The number of hydrogen-bond donors (Lipinski definition) is 2. The van der Waals surface area contributed by atoms with E-state index in [2.05, 4.69) is 22.5 Å². The maximum Gasteiger partial charge on any atom is 0.195 e. The average molecular weight is 543 g/mol. The Morgan fingerprint density at radius 1 is 0.968 bits per heavy atom. The summed E-state index contributed by atoms with van der Waals surface area (Å²) < 4.78 is 22.0. The number of halogens is 1. The van der Waals surface area contributed by atoms with Crippen molar-refractivity contribution in [2.24, 2.45) is 4.99 Å². The Kier molecular flexibility index (Phi) is 13.5. The number of nitrogens with zero attached hydrogens (tertiary/aromatic N) is 1. The molecule has 0 aliphatic rings. The Bertz CT molecular complexity index is 802. The lowest BCUT2D eigenvalue weighted by Crippen LogP contribution is -2.30. The lowest BCUT2D eigenvalue weighted by atomic mass is 10.2. The van der Waals surface area contributed by atoms with Crippen LogP contribution >= 0.6 is 24.0 Å². The van der Waals surface area contributed by atoms with Crippen LogP contribution in [-0.4, -0.2) is 47.0 Å². The summed E-state index contributed by atoms with van der Waals surface area (Å²) in [5.41, 5.74) is 1.96.